The molecule has 0 amide bonds. The van der Waals surface area contributed by atoms with Crippen molar-refractivity contribution in [3.63, 3.8) is 0 Å². The SMILES string of the molecule is CC(Cc1cccc(C(C)(C)C)c1)c1cc(C(C)(C)C)cc(C(C)(C)C)c1C(C)(C)C. The summed E-state index contributed by atoms with van der Waals surface area (Å²) >= 11 is 0. The molecule has 0 aliphatic heterocycles. The summed E-state index contributed by atoms with van der Waals surface area (Å²) in [5.74, 6) is 0.466. The molecule has 0 aliphatic carbocycles. The molecule has 2 aromatic rings. The van der Waals surface area contributed by atoms with E-state index in [-0.39, 0.29) is 21.7 Å². The van der Waals surface area contributed by atoms with E-state index in [1.807, 2.05) is 0 Å². The first-order valence-corrected chi connectivity index (χ1v) is 12.1. The lowest BCUT2D eigenvalue weighted by molar-refractivity contribution is 0.511. The highest BCUT2D eigenvalue weighted by Gasteiger charge is 2.31. The van der Waals surface area contributed by atoms with Crippen molar-refractivity contribution in [2.75, 3.05) is 0 Å². The molecule has 0 nitrogen and oxygen atoms in total. The number of hydrogen-bond acceptors (Lipinski definition) is 0. The third-order valence-corrected chi connectivity index (χ3v) is 6.46. The molecular weight excluding hydrogens is 372 g/mol. The monoisotopic (exact) mass is 420 g/mol. The predicted molar refractivity (Wildman–Crippen MR) is 140 cm³/mol. The van der Waals surface area contributed by atoms with Crippen LogP contribution in [0.1, 0.15) is 129 Å². The van der Waals surface area contributed by atoms with Crippen LogP contribution in [0.2, 0.25) is 0 Å². The average Bonchev–Trinajstić information content (AvgIpc) is 2.57. The van der Waals surface area contributed by atoms with Crippen molar-refractivity contribution >= 4 is 0 Å². The zero-order valence-electron chi connectivity index (χ0n) is 22.7. The minimum absolute atomic E-state index is 0.107. The van der Waals surface area contributed by atoms with Gasteiger partial charge < -0.3 is 0 Å². The first-order valence-electron chi connectivity index (χ1n) is 12.1. The second kappa shape index (κ2) is 8.42. The van der Waals surface area contributed by atoms with E-state index in [4.69, 9.17) is 0 Å². The quantitative estimate of drug-likeness (QED) is 0.464. The molecule has 2 rings (SSSR count). The summed E-state index contributed by atoms with van der Waals surface area (Å²) in [5, 5.41) is 0. The zero-order valence-corrected chi connectivity index (χ0v) is 22.7. The van der Waals surface area contributed by atoms with E-state index in [0.717, 1.165) is 6.42 Å². The van der Waals surface area contributed by atoms with Crippen molar-refractivity contribution in [3.05, 3.63) is 69.8 Å². The highest BCUT2D eigenvalue weighted by molar-refractivity contribution is 5.50. The Bertz CT molecular complexity index is 899. The molecule has 0 aromatic heterocycles. The number of hydrogen-bond donors (Lipinski definition) is 0. The average molecular weight is 421 g/mol. The van der Waals surface area contributed by atoms with Crippen LogP contribution < -0.4 is 0 Å². The van der Waals surface area contributed by atoms with Gasteiger partial charge in [-0.3, -0.25) is 0 Å². The minimum Gasteiger partial charge on any atom is -0.0617 e. The Balaban J connectivity index is 2.68. The normalized spacial score (nSPS) is 14.6. The van der Waals surface area contributed by atoms with Crippen molar-refractivity contribution in [1.29, 1.82) is 0 Å². The Labute approximate surface area is 193 Å². The van der Waals surface area contributed by atoms with Gasteiger partial charge >= 0.3 is 0 Å². The summed E-state index contributed by atoms with van der Waals surface area (Å²) in [5.41, 5.74) is 9.45. The molecule has 0 bridgehead atoms. The van der Waals surface area contributed by atoms with E-state index in [1.54, 1.807) is 5.56 Å². The van der Waals surface area contributed by atoms with Gasteiger partial charge in [0.15, 0.2) is 0 Å². The summed E-state index contributed by atoms with van der Waals surface area (Å²) in [6, 6.07) is 14.3. The van der Waals surface area contributed by atoms with Gasteiger partial charge in [-0.05, 0) is 67.4 Å². The van der Waals surface area contributed by atoms with Gasteiger partial charge in [0.2, 0.25) is 0 Å². The third kappa shape index (κ3) is 6.24. The van der Waals surface area contributed by atoms with Gasteiger partial charge in [-0.15, -0.1) is 0 Å². The van der Waals surface area contributed by atoms with Crippen LogP contribution in [-0.4, -0.2) is 0 Å². The fourth-order valence-electron chi connectivity index (χ4n) is 4.54. The molecule has 0 spiro atoms. The maximum Gasteiger partial charge on any atom is -0.0126 e. The van der Waals surface area contributed by atoms with Crippen LogP contribution in [0.3, 0.4) is 0 Å². The Hall–Kier alpha value is -1.56. The molecule has 0 heterocycles. The molecule has 1 unspecified atom stereocenters. The minimum atomic E-state index is 0.107. The van der Waals surface area contributed by atoms with Gasteiger partial charge in [0.05, 0.1) is 0 Å². The Morgan fingerprint density at radius 1 is 0.613 bits per heavy atom. The van der Waals surface area contributed by atoms with Crippen molar-refractivity contribution in [2.45, 2.75) is 124 Å². The van der Waals surface area contributed by atoms with Gasteiger partial charge in [0, 0.05) is 0 Å². The van der Waals surface area contributed by atoms with Gasteiger partial charge in [0.25, 0.3) is 0 Å². The van der Waals surface area contributed by atoms with Gasteiger partial charge in [0.1, 0.15) is 0 Å². The van der Waals surface area contributed by atoms with E-state index in [1.165, 1.54) is 27.8 Å². The number of rotatable bonds is 3. The van der Waals surface area contributed by atoms with Crippen LogP contribution in [0.25, 0.3) is 0 Å². The van der Waals surface area contributed by atoms with E-state index >= 15 is 0 Å². The van der Waals surface area contributed by atoms with Crippen LogP contribution >= 0.6 is 0 Å². The molecular formula is C31H48. The molecule has 0 heteroatoms. The first kappa shape index (κ1) is 25.7. The van der Waals surface area contributed by atoms with Crippen molar-refractivity contribution < 1.29 is 0 Å². The Morgan fingerprint density at radius 2 is 1.16 bits per heavy atom. The molecule has 31 heavy (non-hydrogen) atoms. The lowest BCUT2D eigenvalue weighted by Crippen LogP contribution is -2.27. The van der Waals surface area contributed by atoms with Crippen molar-refractivity contribution in [2.24, 2.45) is 0 Å². The maximum absolute atomic E-state index is 2.52. The highest BCUT2D eigenvalue weighted by atomic mass is 14.4. The van der Waals surface area contributed by atoms with Crippen molar-refractivity contribution in [1.82, 2.24) is 0 Å². The van der Waals surface area contributed by atoms with E-state index in [9.17, 15) is 0 Å². The first-order chi connectivity index (χ1) is 13.8. The van der Waals surface area contributed by atoms with E-state index < -0.39 is 0 Å². The fourth-order valence-corrected chi connectivity index (χ4v) is 4.54. The molecule has 172 valence electrons. The molecule has 0 N–H and O–H groups in total. The largest absolute Gasteiger partial charge is 0.0617 e. The van der Waals surface area contributed by atoms with Gasteiger partial charge in [-0.2, -0.15) is 0 Å². The summed E-state index contributed by atoms with van der Waals surface area (Å²) in [4.78, 5) is 0. The molecule has 0 saturated heterocycles. The maximum atomic E-state index is 2.52. The summed E-state index contributed by atoms with van der Waals surface area (Å²) < 4.78 is 0. The van der Waals surface area contributed by atoms with Crippen LogP contribution in [0.15, 0.2) is 36.4 Å². The molecule has 1 atom stereocenters. The number of benzene rings is 2. The molecule has 2 aromatic carbocycles. The van der Waals surface area contributed by atoms with Gasteiger partial charge in [-0.1, -0.05) is 126 Å². The standard InChI is InChI=1S/C31H48/c1-21(17-22-15-14-16-23(18-22)28(2,3)4)25-19-24(29(5,6)7)20-26(30(8,9)10)27(25)31(11,12)13/h14-16,18-21H,17H2,1-13H3. The summed E-state index contributed by atoms with van der Waals surface area (Å²) in [6.45, 7) is 30.6. The molecule has 0 saturated carbocycles. The second-order valence-corrected chi connectivity index (χ2v) is 13.8. The predicted octanol–water partition coefficient (Wildman–Crippen LogP) is 9.22. The molecule has 0 fully saturated rings. The molecule has 0 aliphatic rings. The van der Waals surface area contributed by atoms with Crippen LogP contribution in [0.5, 0.6) is 0 Å². The third-order valence-electron chi connectivity index (χ3n) is 6.46. The Morgan fingerprint density at radius 3 is 1.61 bits per heavy atom. The van der Waals surface area contributed by atoms with Crippen LogP contribution in [0.4, 0.5) is 0 Å². The van der Waals surface area contributed by atoms with E-state index in [2.05, 4.69) is 126 Å². The Kier molecular flexibility index (Phi) is 6.98. The van der Waals surface area contributed by atoms with Crippen molar-refractivity contribution in [3.8, 4) is 0 Å². The van der Waals surface area contributed by atoms with Crippen LogP contribution in [0, 0.1) is 0 Å². The smallest absolute Gasteiger partial charge is 0.0126 e. The topological polar surface area (TPSA) is 0 Å². The van der Waals surface area contributed by atoms with Gasteiger partial charge in [-0.25, -0.2) is 0 Å². The lowest BCUT2D eigenvalue weighted by atomic mass is 9.68. The lowest BCUT2D eigenvalue weighted by Gasteiger charge is -2.36. The van der Waals surface area contributed by atoms with Crippen LogP contribution in [-0.2, 0) is 28.1 Å². The summed E-state index contributed by atoms with van der Waals surface area (Å²) in [7, 11) is 0. The summed E-state index contributed by atoms with van der Waals surface area (Å²) in [6.07, 6.45) is 1.07. The fraction of sp³-hybridized carbons (Fsp3) is 0.613. The second-order valence-electron chi connectivity index (χ2n) is 13.8. The van der Waals surface area contributed by atoms with E-state index in [0.29, 0.717) is 5.92 Å². The molecule has 0 radical (unpaired) electrons. The highest BCUT2D eigenvalue weighted by Crippen LogP contribution is 2.42. The zero-order chi connectivity index (χ0) is 24.0.